The van der Waals surface area contributed by atoms with E-state index in [9.17, 15) is 43.8 Å². The lowest BCUT2D eigenvalue weighted by molar-refractivity contribution is -0.181. The largest absolute Gasteiger partial charge is 0.507 e. The Kier molecular flexibility index (Phi) is 6.84. The smallest absolute Gasteiger partial charge is 0.235 e. The molecule has 0 radical (unpaired) electrons. The van der Waals surface area contributed by atoms with Crippen LogP contribution in [0.25, 0.3) is 0 Å². The van der Waals surface area contributed by atoms with E-state index < -0.39 is 87.6 Å². The molecule has 12 heteroatoms. The minimum Gasteiger partial charge on any atom is -0.507 e. The van der Waals surface area contributed by atoms with Crippen LogP contribution < -0.4 is 5.73 Å². The molecule has 6 atom stereocenters. The molecule has 4 N–H and O–H groups in total. The first-order valence-corrected chi connectivity index (χ1v) is 13.2. The number of phenols is 1. The number of hydrogen-bond acceptors (Lipinski definition) is 11. The van der Waals surface area contributed by atoms with Crippen molar-refractivity contribution in [3.63, 3.8) is 0 Å². The van der Waals surface area contributed by atoms with E-state index in [1.165, 1.54) is 25.1 Å². The molecule has 1 amide bonds. The Morgan fingerprint density at radius 1 is 1.05 bits per heavy atom. The van der Waals surface area contributed by atoms with Crippen molar-refractivity contribution in [2.45, 2.75) is 37.3 Å². The Morgan fingerprint density at radius 2 is 1.70 bits per heavy atom. The molecule has 3 aliphatic carbocycles. The van der Waals surface area contributed by atoms with Gasteiger partial charge < -0.3 is 20.7 Å². The van der Waals surface area contributed by atoms with Crippen molar-refractivity contribution in [2.75, 3.05) is 27.3 Å². The minimum absolute atomic E-state index is 0.0573. The normalized spacial score (nSPS) is 32.4. The standard InChI is InChI=1S/C28H30N2O10/c1-30(2)20-15-10-12-9-14-13(22(33)21(32)11-5-7-40-8-6-11)3-4-16(31)18(14)23(34)17(12)25(36)28(15,39)26(37)19(24(20)35)27(29)38/h3-4,11-12,15,17,19-20,31,39H,5-10H2,1-2H3,(H2,29,38)/t12-,15-,17?,19?,20-,28-/m1/s1. The summed E-state index contributed by atoms with van der Waals surface area (Å²) >= 11 is 0. The number of carbonyl (C=O) groups is 7. The monoisotopic (exact) mass is 554 g/mol. The third-order valence-corrected chi connectivity index (χ3v) is 9.01. The van der Waals surface area contributed by atoms with Crippen LogP contribution in [0.3, 0.4) is 0 Å². The van der Waals surface area contributed by atoms with Gasteiger partial charge in [0, 0.05) is 30.6 Å². The minimum atomic E-state index is -2.83. The first kappa shape index (κ1) is 27.9. The van der Waals surface area contributed by atoms with Crippen LogP contribution in [0, 0.1) is 29.6 Å². The van der Waals surface area contributed by atoms with Crippen LogP contribution in [0.15, 0.2) is 12.1 Å². The summed E-state index contributed by atoms with van der Waals surface area (Å²) in [5, 5.41) is 22.2. The molecule has 1 saturated heterocycles. The van der Waals surface area contributed by atoms with Gasteiger partial charge in [0.05, 0.1) is 17.5 Å². The molecule has 0 aromatic heterocycles. The highest BCUT2D eigenvalue weighted by Gasteiger charge is 2.69. The van der Waals surface area contributed by atoms with Gasteiger partial charge in [-0.3, -0.25) is 38.5 Å². The fourth-order valence-electron chi connectivity index (χ4n) is 7.10. The summed E-state index contributed by atoms with van der Waals surface area (Å²) < 4.78 is 5.27. The Balaban J connectivity index is 1.58. The van der Waals surface area contributed by atoms with Gasteiger partial charge in [0.15, 0.2) is 34.7 Å². The van der Waals surface area contributed by atoms with Crippen LogP contribution in [0.1, 0.15) is 45.5 Å². The maximum atomic E-state index is 13.8. The molecule has 40 heavy (non-hydrogen) atoms. The fourth-order valence-corrected chi connectivity index (χ4v) is 7.10. The number of aromatic hydroxyl groups is 1. The second-order valence-corrected chi connectivity index (χ2v) is 11.4. The summed E-state index contributed by atoms with van der Waals surface area (Å²) in [7, 11) is 2.98. The van der Waals surface area contributed by atoms with Crippen molar-refractivity contribution < 1.29 is 48.5 Å². The van der Waals surface area contributed by atoms with Crippen LogP contribution in [-0.2, 0) is 35.1 Å². The zero-order valence-corrected chi connectivity index (χ0v) is 22.0. The van der Waals surface area contributed by atoms with E-state index in [1.807, 2.05) is 0 Å². The number of ketones is 6. The van der Waals surface area contributed by atoms with Crippen molar-refractivity contribution in [1.82, 2.24) is 4.90 Å². The van der Waals surface area contributed by atoms with E-state index in [4.69, 9.17) is 10.5 Å². The molecule has 5 rings (SSSR count). The molecule has 1 heterocycles. The predicted molar refractivity (Wildman–Crippen MR) is 134 cm³/mol. The summed E-state index contributed by atoms with van der Waals surface area (Å²) in [6.07, 6.45) is 0.510. The van der Waals surface area contributed by atoms with Gasteiger partial charge in [-0.2, -0.15) is 0 Å². The third kappa shape index (κ3) is 3.88. The SMILES string of the molecule is CN(C)[C@H]1C(=O)C(C(N)=O)C(=O)[C@]2(O)C(=O)C3C(=O)c4c(O)ccc(C(=O)C(=O)C5CCOCC5)c4C[C@@H]3C[C@H]12. The first-order chi connectivity index (χ1) is 18.8. The van der Waals surface area contributed by atoms with E-state index in [0.717, 1.165) is 6.07 Å². The number of nitrogens with two attached hydrogens (primary N) is 1. The fraction of sp³-hybridized carbons (Fsp3) is 0.536. The van der Waals surface area contributed by atoms with Crippen LogP contribution in [0.5, 0.6) is 5.75 Å². The number of aliphatic hydroxyl groups is 1. The van der Waals surface area contributed by atoms with E-state index in [1.54, 1.807) is 0 Å². The van der Waals surface area contributed by atoms with Crippen LogP contribution in [-0.4, -0.2) is 94.7 Å². The number of primary amides is 1. The highest BCUT2D eigenvalue weighted by Crippen LogP contribution is 2.51. The maximum Gasteiger partial charge on any atom is 0.235 e. The molecular formula is C28H30N2O10. The first-order valence-electron chi connectivity index (χ1n) is 13.2. The number of ether oxygens (including phenoxy) is 1. The zero-order chi connectivity index (χ0) is 29.3. The lowest BCUT2D eigenvalue weighted by atomic mass is 9.52. The summed E-state index contributed by atoms with van der Waals surface area (Å²) in [6.45, 7) is 0.681. The maximum absolute atomic E-state index is 13.8. The molecule has 2 unspecified atom stereocenters. The third-order valence-electron chi connectivity index (χ3n) is 9.01. The van der Waals surface area contributed by atoms with Crippen molar-refractivity contribution in [2.24, 2.45) is 35.3 Å². The van der Waals surface area contributed by atoms with Crippen molar-refractivity contribution >= 4 is 40.6 Å². The molecule has 0 spiro atoms. The number of phenolic OH excluding ortho intramolecular Hbond substituents is 1. The van der Waals surface area contributed by atoms with Gasteiger partial charge >= 0.3 is 0 Å². The van der Waals surface area contributed by atoms with Gasteiger partial charge in [0.25, 0.3) is 0 Å². The Morgan fingerprint density at radius 3 is 2.30 bits per heavy atom. The molecule has 1 aromatic carbocycles. The summed E-state index contributed by atoms with van der Waals surface area (Å²) in [6, 6.07) is 1.14. The number of nitrogens with zero attached hydrogens (tertiary/aromatic N) is 1. The Labute approximate surface area is 228 Å². The van der Waals surface area contributed by atoms with Crippen LogP contribution >= 0.6 is 0 Å². The molecule has 4 aliphatic rings. The van der Waals surface area contributed by atoms with Crippen LogP contribution in [0.4, 0.5) is 0 Å². The number of Topliss-reactive ketones (excluding diaryl/α,β-unsaturated/α-hetero) is 6. The summed E-state index contributed by atoms with van der Waals surface area (Å²) in [4.78, 5) is 93.9. The van der Waals surface area contributed by atoms with Crippen molar-refractivity contribution in [1.29, 1.82) is 0 Å². The number of rotatable bonds is 5. The average molecular weight is 555 g/mol. The highest BCUT2D eigenvalue weighted by molar-refractivity contribution is 6.45. The second-order valence-electron chi connectivity index (χ2n) is 11.4. The summed E-state index contributed by atoms with van der Waals surface area (Å²) in [5.74, 6) is -13.9. The number of carbonyl (C=O) groups excluding carboxylic acids is 7. The Hall–Kier alpha value is -3.61. The van der Waals surface area contributed by atoms with E-state index in [-0.39, 0.29) is 29.5 Å². The van der Waals surface area contributed by atoms with Gasteiger partial charge in [-0.15, -0.1) is 0 Å². The topological polar surface area (TPSA) is 198 Å². The van der Waals surface area contributed by atoms with Gasteiger partial charge in [-0.05, 0) is 63.4 Å². The number of hydrogen-bond donors (Lipinski definition) is 3. The number of amides is 1. The van der Waals surface area contributed by atoms with E-state index in [0.29, 0.717) is 26.1 Å². The molecular weight excluding hydrogens is 524 g/mol. The number of fused-ring (bicyclic) bond motifs is 3. The summed E-state index contributed by atoms with van der Waals surface area (Å²) in [5.41, 5.74) is 2.21. The molecule has 1 aliphatic heterocycles. The van der Waals surface area contributed by atoms with Gasteiger partial charge in [-0.25, -0.2) is 0 Å². The molecule has 0 bridgehead atoms. The van der Waals surface area contributed by atoms with Crippen LogP contribution in [0.2, 0.25) is 0 Å². The zero-order valence-electron chi connectivity index (χ0n) is 22.0. The van der Waals surface area contributed by atoms with Crippen molar-refractivity contribution in [3.8, 4) is 5.75 Å². The molecule has 1 aromatic rings. The van der Waals surface area contributed by atoms with Crippen molar-refractivity contribution in [3.05, 3.63) is 28.8 Å². The van der Waals surface area contributed by atoms with E-state index in [2.05, 4.69) is 0 Å². The molecule has 3 fully saturated rings. The lowest BCUT2D eigenvalue weighted by Gasteiger charge is -2.52. The average Bonchev–Trinajstić information content (AvgIpc) is 2.90. The van der Waals surface area contributed by atoms with Gasteiger partial charge in [0.1, 0.15) is 5.75 Å². The molecule has 212 valence electrons. The van der Waals surface area contributed by atoms with Gasteiger partial charge in [-0.1, -0.05) is 0 Å². The molecule has 12 nitrogen and oxygen atoms in total. The second kappa shape index (κ2) is 9.79. The number of benzene rings is 1. The molecule has 2 saturated carbocycles. The highest BCUT2D eigenvalue weighted by atomic mass is 16.5. The number of likely N-dealkylation sites (N-methyl/N-ethyl adjacent to an activating group) is 1. The quantitative estimate of drug-likeness (QED) is 0.230. The Bertz CT molecular complexity index is 1380. The predicted octanol–water partition coefficient (Wildman–Crippen LogP) is -0.955. The van der Waals surface area contributed by atoms with Gasteiger partial charge in [0.2, 0.25) is 17.5 Å². The lowest BCUT2D eigenvalue weighted by Crippen LogP contribution is -2.74. The van der Waals surface area contributed by atoms with E-state index >= 15 is 0 Å².